The van der Waals surface area contributed by atoms with E-state index >= 15 is 0 Å². The van der Waals surface area contributed by atoms with Crippen LogP contribution in [0.5, 0.6) is 0 Å². The van der Waals surface area contributed by atoms with E-state index in [2.05, 4.69) is 15.6 Å². The van der Waals surface area contributed by atoms with Gasteiger partial charge in [0.25, 0.3) is 5.91 Å². The summed E-state index contributed by atoms with van der Waals surface area (Å²) in [6.45, 7) is 1.92. The zero-order valence-electron chi connectivity index (χ0n) is 13.0. The van der Waals surface area contributed by atoms with E-state index in [1.54, 1.807) is 36.2 Å². The molecule has 1 atom stereocenters. The Morgan fingerprint density at radius 1 is 1.35 bits per heavy atom. The molecule has 2 rings (SSSR count). The Labute approximate surface area is 139 Å². The fourth-order valence-corrected chi connectivity index (χ4v) is 2.37. The van der Waals surface area contributed by atoms with Gasteiger partial charge >= 0.3 is 0 Å². The van der Waals surface area contributed by atoms with Gasteiger partial charge in [0.2, 0.25) is 5.91 Å². The third-order valence-electron chi connectivity index (χ3n) is 3.14. The number of pyridine rings is 1. The number of hydrogen-bond acceptors (Lipinski definition) is 5. The van der Waals surface area contributed by atoms with Gasteiger partial charge in [0.1, 0.15) is 11.9 Å². The summed E-state index contributed by atoms with van der Waals surface area (Å²) in [7, 11) is 0. The van der Waals surface area contributed by atoms with Crippen LogP contribution >= 0.6 is 11.8 Å². The first-order valence-electron chi connectivity index (χ1n) is 7.17. The minimum absolute atomic E-state index is 0.181. The first kappa shape index (κ1) is 17.1. The van der Waals surface area contributed by atoms with Crippen molar-refractivity contribution in [3.05, 3.63) is 48.0 Å². The fraction of sp³-hybridized carbons (Fsp3) is 0.312. The standard InChI is InChI=1S/C16H19N3O3S/c1-11-5-6-14(17-10-11)19-15(20)12(7-9-23-2)18-16(21)13-4-3-8-22-13/h3-6,8,10,12H,7,9H2,1-2H3,(H,18,21)(H,17,19,20). The lowest BCUT2D eigenvalue weighted by atomic mass is 10.2. The second-order valence-corrected chi connectivity index (χ2v) is 5.98. The Morgan fingerprint density at radius 3 is 2.78 bits per heavy atom. The first-order chi connectivity index (χ1) is 11.1. The van der Waals surface area contributed by atoms with E-state index in [9.17, 15) is 9.59 Å². The van der Waals surface area contributed by atoms with Gasteiger partial charge in [0, 0.05) is 6.20 Å². The van der Waals surface area contributed by atoms with E-state index < -0.39 is 11.9 Å². The molecule has 0 aromatic carbocycles. The van der Waals surface area contributed by atoms with E-state index in [1.165, 1.54) is 6.26 Å². The topological polar surface area (TPSA) is 84.2 Å². The second kappa shape index (κ2) is 8.38. The third-order valence-corrected chi connectivity index (χ3v) is 3.78. The van der Waals surface area contributed by atoms with Crippen LogP contribution in [-0.2, 0) is 4.79 Å². The van der Waals surface area contributed by atoms with Crippen LogP contribution in [0.4, 0.5) is 5.82 Å². The van der Waals surface area contributed by atoms with Crippen LogP contribution in [0.15, 0.2) is 41.1 Å². The maximum absolute atomic E-state index is 12.4. The number of carbonyl (C=O) groups excluding carboxylic acids is 2. The average Bonchev–Trinajstić information content (AvgIpc) is 3.08. The van der Waals surface area contributed by atoms with Crippen molar-refractivity contribution in [2.75, 3.05) is 17.3 Å². The number of aryl methyl sites for hydroxylation is 1. The predicted molar refractivity (Wildman–Crippen MR) is 90.6 cm³/mol. The molecule has 23 heavy (non-hydrogen) atoms. The molecule has 2 amide bonds. The SMILES string of the molecule is CSCCC(NC(=O)c1ccco1)C(=O)Nc1ccc(C)cn1. The number of furan rings is 1. The Kier molecular flexibility index (Phi) is 6.22. The Bertz CT molecular complexity index is 641. The highest BCUT2D eigenvalue weighted by Gasteiger charge is 2.22. The van der Waals surface area contributed by atoms with Gasteiger partial charge in [-0.05, 0) is 49.1 Å². The van der Waals surface area contributed by atoms with Gasteiger partial charge in [0.05, 0.1) is 6.26 Å². The fourth-order valence-electron chi connectivity index (χ4n) is 1.90. The number of hydrogen-bond donors (Lipinski definition) is 2. The van der Waals surface area contributed by atoms with Crippen molar-refractivity contribution in [2.45, 2.75) is 19.4 Å². The summed E-state index contributed by atoms with van der Waals surface area (Å²) in [4.78, 5) is 28.6. The molecule has 0 aliphatic rings. The molecular weight excluding hydrogens is 314 g/mol. The molecule has 2 aromatic heterocycles. The van der Waals surface area contributed by atoms with E-state index in [0.29, 0.717) is 12.2 Å². The van der Waals surface area contributed by atoms with Crippen LogP contribution in [0.3, 0.4) is 0 Å². The normalized spacial score (nSPS) is 11.7. The van der Waals surface area contributed by atoms with Crippen LogP contribution < -0.4 is 10.6 Å². The largest absolute Gasteiger partial charge is 0.459 e. The summed E-state index contributed by atoms with van der Waals surface area (Å²) >= 11 is 1.61. The lowest BCUT2D eigenvalue weighted by molar-refractivity contribution is -0.118. The smallest absolute Gasteiger partial charge is 0.287 e. The molecule has 0 spiro atoms. The Morgan fingerprint density at radius 2 is 2.17 bits per heavy atom. The number of anilines is 1. The van der Waals surface area contributed by atoms with Crippen molar-refractivity contribution < 1.29 is 14.0 Å². The minimum Gasteiger partial charge on any atom is -0.459 e. The van der Waals surface area contributed by atoms with E-state index in [-0.39, 0.29) is 11.7 Å². The molecule has 0 radical (unpaired) electrons. The summed E-state index contributed by atoms with van der Waals surface area (Å²) in [6.07, 6.45) is 5.56. The molecular formula is C16H19N3O3S. The van der Waals surface area contributed by atoms with Crippen molar-refractivity contribution in [3.8, 4) is 0 Å². The summed E-state index contributed by atoms with van der Waals surface area (Å²) in [5.74, 6) is 0.684. The average molecular weight is 333 g/mol. The van der Waals surface area contributed by atoms with E-state index in [4.69, 9.17) is 4.42 Å². The Balaban J connectivity index is 2.02. The number of thioether (sulfide) groups is 1. The molecule has 0 saturated heterocycles. The second-order valence-electron chi connectivity index (χ2n) is 4.99. The highest BCUT2D eigenvalue weighted by molar-refractivity contribution is 7.98. The minimum atomic E-state index is -0.650. The van der Waals surface area contributed by atoms with E-state index in [1.807, 2.05) is 19.2 Å². The predicted octanol–water partition coefficient (Wildman–Crippen LogP) is 2.47. The number of rotatable bonds is 7. The molecule has 2 heterocycles. The molecule has 7 heteroatoms. The summed E-state index contributed by atoms with van der Waals surface area (Å²) in [5, 5.41) is 5.42. The molecule has 0 saturated carbocycles. The number of aromatic nitrogens is 1. The van der Waals surface area contributed by atoms with Crippen molar-refractivity contribution >= 4 is 29.4 Å². The van der Waals surface area contributed by atoms with Crippen LogP contribution in [0.2, 0.25) is 0 Å². The molecule has 0 aliphatic heterocycles. The van der Waals surface area contributed by atoms with Crippen LogP contribution in [0, 0.1) is 6.92 Å². The van der Waals surface area contributed by atoms with Crippen molar-refractivity contribution in [3.63, 3.8) is 0 Å². The zero-order chi connectivity index (χ0) is 16.7. The number of amides is 2. The molecule has 0 bridgehead atoms. The maximum Gasteiger partial charge on any atom is 0.287 e. The molecule has 0 aliphatic carbocycles. The number of nitrogens with one attached hydrogen (secondary N) is 2. The van der Waals surface area contributed by atoms with Gasteiger partial charge in [-0.15, -0.1) is 0 Å². The third kappa shape index (κ3) is 5.14. The summed E-state index contributed by atoms with van der Waals surface area (Å²) in [6, 6.07) is 6.12. The molecule has 6 nitrogen and oxygen atoms in total. The van der Waals surface area contributed by atoms with Crippen molar-refractivity contribution in [1.82, 2.24) is 10.3 Å². The molecule has 0 fully saturated rings. The van der Waals surface area contributed by atoms with Crippen LogP contribution in [0.25, 0.3) is 0 Å². The van der Waals surface area contributed by atoms with Gasteiger partial charge < -0.3 is 15.1 Å². The molecule has 2 N–H and O–H groups in total. The highest BCUT2D eigenvalue weighted by Crippen LogP contribution is 2.08. The number of carbonyl (C=O) groups is 2. The highest BCUT2D eigenvalue weighted by atomic mass is 32.2. The molecule has 2 aromatic rings. The monoisotopic (exact) mass is 333 g/mol. The van der Waals surface area contributed by atoms with Gasteiger partial charge in [-0.3, -0.25) is 9.59 Å². The Hall–Kier alpha value is -2.28. The van der Waals surface area contributed by atoms with E-state index in [0.717, 1.165) is 11.3 Å². The van der Waals surface area contributed by atoms with Gasteiger partial charge in [0.15, 0.2) is 5.76 Å². The van der Waals surface area contributed by atoms with Crippen molar-refractivity contribution in [2.24, 2.45) is 0 Å². The quantitative estimate of drug-likeness (QED) is 0.813. The van der Waals surface area contributed by atoms with Gasteiger partial charge in [-0.25, -0.2) is 4.98 Å². The van der Waals surface area contributed by atoms with Crippen LogP contribution in [-0.4, -0.2) is 34.8 Å². The molecule has 1 unspecified atom stereocenters. The van der Waals surface area contributed by atoms with Crippen LogP contribution in [0.1, 0.15) is 22.5 Å². The van der Waals surface area contributed by atoms with Gasteiger partial charge in [-0.1, -0.05) is 6.07 Å². The van der Waals surface area contributed by atoms with Gasteiger partial charge in [-0.2, -0.15) is 11.8 Å². The zero-order valence-corrected chi connectivity index (χ0v) is 13.9. The lowest BCUT2D eigenvalue weighted by Gasteiger charge is -2.17. The van der Waals surface area contributed by atoms with Crippen molar-refractivity contribution in [1.29, 1.82) is 0 Å². The lowest BCUT2D eigenvalue weighted by Crippen LogP contribution is -2.44. The first-order valence-corrected chi connectivity index (χ1v) is 8.56. The maximum atomic E-state index is 12.4. The molecule has 122 valence electrons. The summed E-state index contributed by atoms with van der Waals surface area (Å²) < 4.78 is 5.05. The number of nitrogens with zero attached hydrogens (tertiary/aromatic N) is 1. The summed E-state index contributed by atoms with van der Waals surface area (Å²) in [5.41, 5.74) is 1.01.